The number of piperazine rings is 1. The molecule has 4 heteroatoms. The van der Waals surface area contributed by atoms with E-state index in [-0.39, 0.29) is 0 Å². The van der Waals surface area contributed by atoms with E-state index in [0.717, 1.165) is 18.4 Å². The molecule has 1 atom stereocenters. The first-order valence-corrected chi connectivity index (χ1v) is 8.54. The number of hydrogen-bond donors (Lipinski definition) is 1. The van der Waals surface area contributed by atoms with Crippen molar-refractivity contribution in [2.75, 3.05) is 58.9 Å². The van der Waals surface area contributed by atoms with Crippen LogP contribution in [0.1, 0.15) is 26.7 Å². The Kier molecular flexibility index (Phi) is 4.37. The SMILES string of the molecule is CC(C)CN1CCN(C2(CN)CN3CCC2CC3)CC1. The van der Waals surface area contributed by atoms with Crippen LogP contribution in [0.3, 0.4) is 0 Å². The number of fused-ring (bicyclic) bond motifs is 3. The lowest BCUT2D eigenvalue weighted by atomic mass is 9.71. The average Bonchev–Trinajstić information content (AvgIpc) is 2.48. The first-order valence-electron chi connectivity index (χ1n) is 8.54. The van der Waals surface area contributed by atoms with E-state index in [0.29, 0.717) is 5.54 Å². The summed E-state index contributed by atoms with van der Waals surface area (Å²) in [5.74, 6) is 1.62. The molecule has 4 nitrogen and oxygen atoms in total. The molecular weight excluding hydrogens is 248 g/mol. The van der Waals surface area contributed by atoms with Crippen molar-refractivity contribution in [1.29, 1.82) is 0 Å². The largest absolute Gasteiger partial charge is 0.329 e. The fraction of sp³-hybridized carbons (Fsp3) is 1.00. The first kappa shape index (κ1) is 14.8. The Bertz CT molecular complexity index is 316. The van der Waals surface area contributed by atoms with Gasteiger partial charge in [-0.1, -0.05) is 13.8 Å². The fourth-order valence-electron chi connectivity index (χ4n) is 4.76. The minimum Gasteiger partial charge on any atom is -0.329 e. The summed E-state index contributed by atoms with van der Waals surface area (Å²) >= 11 is 0. The molecule has 4 heterocycles. The molecule has 116 valence electrons. The van der Waals surface area contributed by atoms with Gasteiger partial charge in [0.2, 0.25) is 0 Å². The van der Waals surface area contributed by atoms with Crippen molar-refractivity contribution in [2.45, 2.75) is 32.2 Å². The highest BCUT2D eigenvalue weighted by molar-refractivity contribution is 5.07. The Morgan fingerprint density at radius 3 is 2.15 bits per heavy atom. The standard InChI is InChI=1S/C16H32N4/c1-14(2)11-18-7-9-20(10-8-18)16(12-17)13-19-5-3-15(16)4-6-19/h14-15H,3-13,17H2,1-2H3. The van der Waals surface area contributed by atoms with Crippen LogP contribution in [-0.4, -0.2) is 79.1 Å². The third-order valence-electron chi connectivity index (χ3n) is 5.82. The van der Waals surface area contributed by atoms with Crippen LogP contribution < -0.4 is 5.73 Å². The molecule has 0 saturated carbocycles. The summed E-state index contributed by atoms with van der Waals surface area (Å²) in [6.07, 6.45) is 2.73. The van der Waals surface area contributed by atoms with Crippen LogP contribution in [0.15, 0.2) is 0 Å². The van der Waals surface area contributed by atoms with Crippen LogP contribution in [0.4, 0.5) is 0 Å². The van der Waals surface area contributed by atoms with Gasteiger partial charge in [0, 0.05) is 51.4 Å². The summed E-state index contributed by atoms with van der Waals surface area (Å²) in [6, 6.07) is 0. The van der Waals surface area contributed by atoms with Crippen LogP contribution in [0.2, 0.25) is 0 Å². The predicted octanol–water partition coefficient (Wildman–Crippen LogP) is 0.683. The normalized spacial score (nSPS) is 39.6. The van der Waals surface area contributed by atoms with Crippen LogP contribution in [0, 0.1) is 11.8 Å². The third-order valence-corrected chi connectivity index (χ3v) is 5.82. The van der Waals surface area contributed by atoms with E-state index in [1.54, 1.807) is 0 Å². The molecule has 0 amide bonds. The maximum absolute atomic E-state index is 6.29. The van der Waals surface area contributed by atoms with Crippen molar-refractivity contribution in [3.63, 3.8) is 0 Å². The Morgan fingerprint density at radius 1 is 1.05 bits per heavy atom. The lowest BCUT2D eigenvalue weighted by molar-refractivity contribution is -0.0828. The highest BCUT2D eigenvalue weighted by Crippen LogP contribution is 2.39. The minimum absolute atomic E-state index is 0.292. The Balaban J connectivity index is 1.64. The van der Waals surface area contributed by atoms with Gasteiger partial charge in [-0.3, -0.25) is 4.90 Å². The summed E-state index contributed by atoms with van der Waals surface area (Å²) < 4.78 is 0. The van der Waals surface area contributed by atoms with E-state index < -0.39 is 0 Å². The molecule has 0 aromatic carbocycles. The van der Waals surface area contributed by atoms with E-state index in [4.69, 9.17) is 5.73 Å². The number of nitrogens with two attached hydrogens (primary N) is 1. The molecule has 0 aliphatic carbocycles. The van der Waals surface area contributed by atoms with E-state index >= 15 is 0 Å². The second-order valence-electron chi connectivity index (χ2n) is 7.54. The second kappa shape index (κ2) is 5.91. The smallest absolute Gasteiger partial charge is 0.0488 e. The molecule has 4 saturated heterocycles. The zero-order valence-corrected chi connectivity index (χ0v) is 13.4. The van der Waals surface area contributed by atoms with Gasteiger partial charge >= 0.3 is 0 Å². The average molecular weight is 280 g/mol. The Labute approximate surface area is 124 Å². The van der Waals surface area contributed by atoms with E-state index in [2.05, 4.69) is 28.5 Å². The molecule has 4 aliphatic rings. The maximum atomic E-state index is 6.29. The molecule has 0 aromatic rings. The number of rotatable bonds is 4. The molecule has 0 radical (unpaired) electrons. The van der Waals surface area contributed by atoms with E-state index in [1.807, 2.05) is 0 Å². The topological polar surface area (TPSA) is 35.7 Å². The molecule has 2 bridgehead atoms. The lowest BCUT2D eigenvalue weighted by Crippen LogP contribution is -2.72. The maximum Gasteiger partial charge on any atom is 0.0488 e. The van der Waals surface area contributed by atoms with Crippen molar-refractivity contribution in [1.82, 2.24) is 14.7 Å². The quantitative estimate of drug-likeness (QED) is 0.822. The van der Waals surface area contributed by atoms with Crippen LogP contribution in [0.25, 0.3) is 0 Å². The second-order valence-corrected chi connectivity index (χ2v) is 7.54. The van der Waals surface area contributed by atoms with Gasteiger partial charge in [0.1, 0.15) is 0 Å². The first-order chi connectivity index (χ1) is 9.64. The number of piperidine rings is 3. The van der Waals surface area contributed by atoms with Crippen molar-refractivity contribution in [3.8, 4) is 0 Å². The summed E-state index contributed by atoms with van der Waals surface area (Å²) in [5.41, 5.74) is 6.58. The summed E-state index contributed by atoms with van der Waals surface area (Å²) in [7, 11) is 0. The van der Waals surface area contributed by atoms with Crippen molar-refractivity contribution < 1.29 is 0 Å². The van der Waals surface area contributed by atoms with Gasteiger partial charge < -0.3 is 15.5 Å². The van der Waals surface area contributed by atoms with Crippen LogP contribution in [-0.2, 0) is 0 Å². The molecule has 4 rings (SSSR count). The molecule has 4 aliphatic heterocycles. The molecule has 20 heavy (non-hydrogen) atoms. The Hall–Kier alpha value is -0.160. The molecular formula is C16H32N4. The lowest BCUT2D eigenvalue weighted by Gasteiger charge is -2.59. The fourth-order valence-corrected chi connectivity index (χ4v) is 4.76. The zero-order chi connectivity index (χ0) is 14.2. The molecule has 0 aromatic heterocycles. The van der Waals surface area contributed by atoms with Gasteiger partial charge in [-0.15, -0.1) is 0 Å². The van der Waals surface area contributed by atoms with Crippen molar-refractivity contribution in [2.24, 2.45) is 17.6 Å². The highest BCUT2D eigenvalue weighted by atomic mass is 15.3. The predicted molar refractivity (Wildman–Crippen MR) is 83.8 cm³/mol. The van der Waals surface area contributed by atoms with Crippen LogP contribution in [0.5, 0.6) is 0 Å². The van der Waals surface area contributed by atoms with Gasteiger partial charge in [-0.05, 0) is 37.8 Å². The molecule has 1 unspecified atom stereocenters. The van der Waals surface area contributed by atoms with Gasteiger partial charge in [-0.25, -0.2) is 0 Å². The molecule has 0 spiro atoms. The summed E-state index contributed by atoms with van der Waals surface area (Å²) in [5, 5.41) is 0. The van der Waals surface area contributed by atoms with Gasteiger partial charge in [-0.2, -0.15) is 0 Å². The zero-order valence-electron chi connectivity index (χ0n) is 13.4. The molecule has 4 fully saturated rings. The highest BCUT2D eigenvalue weighted by Gasteiger charge is 2.49. The summed E-state index contributed by atoms with van der Waals surface area (Å²) in [4.78, 5) is 8.03. The van der Waals surface area contributed by atoms with Crippen LogP contribution >= 0.6 is 0 Å². The van der Waals surface area contributed by atoms with E-state index in [1.165, 1.54) is 65.2 Å². The van der Waals surface area contributed by atoms with Crippen molar-refractivity contribution in [3.05, 3.63) is 0 Å². The summed E-state index contributed by atoms with van der Waals surface area (Å²) in [6.45, 7) is 15.5. The van der Waals surface area contributed by atoms with Gasteiger partial charge in [0.05, 0.1) is 0 Å². The monoisotopic (exact) mass is 280 g/mol. The third kappa shape index (κ3) is 2.63. The Morgan fingerprint density at radius 2 is 1.70 bits per heavy atom. The minimum atomic E-state index is 0.292. The number of hydrogen-bond acceptors (Lipinski definition) is 4. The van der Waals surface area contributed by atoms with Gasteiger partial charge in [0.25, 0.3) is 0 Å². The van der Waals surface area contributed by atoms with Gasteiger partial charge in [0.15, 0.2) is 0 Å². The van der Waals surface area contributed by atoms with E-state index in [9.17, 15) is 0 Å². The van der Waals surface area contributed by atoms with Crippen molar-refractivity contribution >= 4 is 0 Å². The number of nitrogens with zero attached hydrogens (tertiary/aromatic N) is 3. The molecule has 2 N–H and O–H groups in total.